The Morgan fingerprint density at radius 3 is 2.06 bits per heavy atom. The molecule has 0 fully saturated rings. The number of carbonyl (C=O) groups is 2. The van der Waals surface area contributed by atoms with Gasteiger partial charge in [0.1, 0.15) is 0 Å². The van der Waals surface area contributed by atoms with E-state index in [0.717, 1.165) is 10.0 Å². The van der Waals surface area contributed by atoms with Crippen LogP contribution >= 0.6 is 15.9 Å². The van der Waals surface area contributed by atoms with Crippen LogP contribution in [0, 0.1) is 6.92 Å². The molecule has 1 aromatic carbocycles. The van der Waals surface area contributed by atoms with E-state index in [4.69, 9.17) is 0 Å². The summed E-state index contributed by atoms with van der Waals surface area (Å²) in [4.78, 5) is 25.3. The Labute approximate surface area is 108 Å². The molecule has 2 rings (SSSR count). The molecular formula is C13H12BrNO2. The van der Waals surface area contributed by atoms with Crippen LogP contribution in [0.4, 0.5) is 5.69 Å². The molecule has 17 heavy (non-hydrogen) atoms. The average Bonchev–Trinajstić information content (AvgIpc) is 2.48. The molecule has 0 unspecified atom stereocenters. The second-order valence-electron chi connectivity index (χ2n) is 4.15. The Morgan fingerprint density at radius 1 is 1.00 bits per heavy atom. The Kier molecular flexibility index (Phi) is 2.91. The van der Waals surface area contributed by atoms with Gasteiger partial charge >= 0.3 is 0 Å². The fraction of sp³-hybridized carbons (Fsp3) is 0.231. The molecule has 4 heteroatoms. The molecule has 0 bridgehead atoms. The highest BCUT2D eigenvalue weighted by Gasteiger charge is 2.35. The summed E-state index contributed by atoms with van der Waals surface area (Å²) in [5.74, 6) is -0.474. The lowest BCUT2D eigenvalue weighted by Gasteiger charge is -2.17. The second-order valence-corrected chi connectivity index (χ2v) is 5.00. The minimum atomic E-state index is -0.237. The van der Waals surface area contributed by atoms with Gasteiger partial charge in [0.05, 0.1) is 5.69 Å². The van der Waals surface area contributed by atoms with E-state index in [-0.39, 0.29) is 11.8 Å². The normalized spacial score (nSPS) is 16.1. The van der Waals surface area contributed by atoms with Crippen molar-refractivity contribution in [3.8, 4) is 0 Å². The summed E-state index contributed by atoms with van der Waals surface area (Å²) in [7, 11) is 0. The van der Waals surface area contributed by atoms with Crippen LogP contribution in [0.15, 0.2) is 33.8 Å². The van der Waals surface area contributed by atoms with Crippen LogP contribution in [-0.4, -0.2) is 11.8 Å². The Morgan fingerprint density at radius 2 is 1.53 bits per heavy atom. The minimum absolute atomic E-state index is 0.237. The number of anilines is 1. The van der Waals surface area contributed by atoms with Gasteiger partial charge in [0.15, 0.2) is 0 Å². The van der Waals surface area contributed by atoms with Gasteiger partial charge in [0, 0.05) is 15.6 Å². The molecule has 0 saturated carbocycles. The van der Waals surface area contributed by atoms with E-state index in [9.17, 15) is 9.59 Å². The number of amides is 2. The van der Waals surface area contributed by atoms with Crippen molar-refractivity contribution in [2.24, 2.45) is 0 Å². The number of hydrogen-bond donors (Lipinski definition) is 0. The van der Waals surface area contributed by atoms with Crippen LogP contribution in [0.1, 0.15) is 19.4 Å². The molecule has 0 aliphatic carbocycles. The van der Waals surface area contributed by atoms with Gasteiger partial charge in [-0.25, -0.2) is 4.90 Å². The number of imide groups is 1. The minimum Gasteiger partial charge on any atom is -0.269 e. The molecule has 0 atom stereocenters. The van der Waals surface area contributed by atoms with Crippen molar-refractivity contribution < 1.29 is 9.59 Å². The topological polar surface area (TPSA) is 37.4 Å². The van der Waals surface area contributed by atoms with Crippen molar-refractivity contribution in [1.29, 1.82) is 0 Å². The number of nitrogens with zero attached hydrogens (tertiary/aromatic N) is 1. The fourth-order valence-corrected chi connectivity index (χ4v) is 2.19. The predicted octanol–water partition coefficient (Wildman–Crippen LogP) is 2.97. The first kappa shape index (κ1) is 12.0. The Balaban J connectivity index is 2.54. The third kappa shape index (κ3) is 1.82. The lowest BCUT2D eigenvalue weighted by atomic mass is 10.2. The van der Waals surface area contributed by atoms with Crippen LogP contribution in [0.5, 0.6) is 0 Å². The van der Waals surface area contributed by atoms with Crippen LogP contribution < -0.4 is 4.90 Å². The standard InChI is InChI=1S/C13H12BrNO2/c1-7-4-5-10(14)11(6-7)15-12(16)8(2)9(3)13(15)17/h4-6H,1-3H3. The average molecular weight is 294 g/mol. The van der Waals surface area contributed by atoms with Crippen LogP contribution in [0.25, 0.3) is 0 Å². The lowest BCUT2D eigenvalue weighted by molar-refractivity contribution is -0.120. The zero-order valence-corrected chi connectivity index (χ0v) is 11.5. The quantitative estimate of drug-likeness (QED) is 0.747. The summed E-state index contributed by atoms with van der Waals surface area (Å²) in [5.41, 5.74) is 2.65. The number of hydrogen-bond acceptors (Lipinski definition) is 2. The molecule has 3 nitrogen and oxygen atoms in total. The molecule has 1 aromatic rings. The van der Waals surface area contributed by atoms with Crippen LogP contribution in [0.3, 0.4) is 0 Å². The largest absolute Gasteiger partial charge is 0.269 e. The van der Waals surface area contributed by atoms with Gasteiger partial charge in [-0.1, -0.05) is 6.07 Å². The van der Waals surface area contributed by atoms with Crippen LogP contribution in [0.2, 0.25) is 0 Å². The number of benzene rings is 1. The first-order valence-electron chi connectivity index (χ1n) is 5.26. The van der Waals surface area contributed by atoms with E-state index in [1.807, 2.05) is 25.1 Å². The molecule has 1 aliphatic rings. The van der Waals surface area contributed by atoms with Crippen molar-refractivity contribution in [2.75, 3.05) is 4.90 Å². The summed E-state index contributed by atoms with van der Waals surface area (Å²) in [6.45, 7) is 5.28. The third-order valence-electron chi connectivity index (χ3n) is 2.95. The van der Waals surface area contributed by atoms with Crippen molar-refractivity contribution in [1.82, 2.24) is 0 Å². The number of rotatable bonds is 1. The van der Waals surface area contributed by atoms with Crippen molar-refractivity contribution in [2.45, 2.75) is 20.8 Å². The van der Waals surface area contributed by atoms with Gasteiger partial charge in [0.2, 0.25) is 0 Å². The maximum absolute atomic E-state index is 12.0. The maximum Gasteiger partial charge on any atom is 0.261 e. The number of aryl methyl sites for hydroxylation is 1. The molecule has 88 valence electrons. The number of halogens is 1. The molecule has 0 radical (unpaired) electrons. The summed E-state index contributed by atoms with van der Waals surface area (Å²) in [6, 6.07) is 5.59. The van der Waals surface area contributed by atoms with Gasteiger partial charge in [-0.3, -0.25) is 9.59 Å². The fourth-order valence-electron chi connectivity index (χ4n) is 1.76. The van der Waals surface area contributed by atoms with E-state index < -0.39 is 0 Å². The summed E-state index contributed by atoms with van der Waals surface area (Å²) < 4.78 is 0.743. The molecule has 1 heterocycles. The van der Waals surface area contributed by atoms with E-state index >= 15 is 0 Å². The zero-order valence-electron chi connectivity index (χ0n) is 9.87. The van der Waals surface area contributed by atoms with E-state index in [1.54, 1.807) is 13.8 Å². The van der Waals surface area contributed by atoms with Gasteiger partial charge in [0.25, 0.3) is 11.8 Å². The Hall–Kier alpha value is -1.42. The van der Waals surface area contributed by atoms with Crippen molar-refractivity contribution in [3.05, 3.63) is 39.4 Å². The van der Waals surface area contributed by atoms with Crippen molar-refractivity contribution in [3.63, 3.8) is 0 Å². The molecule has 1 aliphatic heterocycles. The highest BCUT2D eigenvalue weighted by Crippen LogP contribution is 2.33. The highest BCUT2D eigenvalue weighted by molar-refractivity contribution is 9.10. The molecule has 0 saturated heterocycles. The first-order valence-corrected chi connectivity index (χ1v) is 6.05. The van der Waals surface area contributed by atoms with Gasteiger partial charge in [-0.2, -0.15) is 0 Å². The summed E-state index contributed by atoms with van der Waals surface area (Å²) in [6.07, 6.45) is 0. The first-order chi connectivity index (χ1) is 7.93. The molecular weight excluding hydrogens is 282 g/mol. The molecule has 0 aromatic heterocycles. The van der Waals surface area contributed by atoms with Gasteiger partial charge in [-0.15, -0.1) is 0 Å². The zero-order chi connectivity index (χ0) is 12.7. The maximum atomic E-state index is 12.0. The molecule has 0 N–H and O–H groups in total. The summed E-state index contributed by atoms with van der Waals surface area (Å²) >= 11 is 3.37. The van der Waals surface area contributed by atoms with Gasteiger partial charge in [-0.05, 0) is 54.4 Å². The van der Waals surface area contributed by atoms with E-state index in [0.29, 0.717) is 16.8 Å². The second kappa shape index (κ2) is 4.11. The Bertz CT molecular complexity index is 537. The van der Waals surface area contributed by atoms with E-state index in [1.165, 1.54) is 4.90 Å². The molecule has 2 amide bonds. The SMILES string of the molecule is CC1=C(C)C(=O)N(c2cc(C)ccc2Br)C1=O. The van der Waals surface area contributed by atoms with Gasteiger partial charge < -0.3 is 0 Å². The third-order valence-corrected chi connectivity index (χ3v) is 3.62. The smallest absolute Gasteiger partial charge is 0.261 e. The summed E-state index contributed by atoms with van der Waals surface area (Å²) in [5, 5.41) is 0. The highest BCUT2D eigenvalue weighted by atomic mass is 79.9. The number of carbonyl (C=O) groups excluding carboxylic acids is 2. The lowest BCUT2D eigenvalue weighted by Crippen LogP contribution is -2.31. The monoisotopic (exact) mass is 293 g/mol. The van der Waals surface area contributed by atoms with Crippen molar-refractivity contribution >= 4 is 33.4 Å². The molecule has 0 spiro atoms. The predicted molar refractivity (Wildman–Crippen MR) is 69.7 cm³/mol. The van der Waals surface area contributed by atoms with Crippen LogP contribution in [-0.2, 0) is 9.59 Å². The van der Waals surface area contributed by atoms with E-state index in [2.05, 4.69) is 15.9 Å².